The Morgan fingerprint density at radius 2 is 0.820 bits per heavy atom. The highest BCUT2D eigenvalue weighted by atomic mass is 14.9. The number of aromatic nitrogens is 1. The van der Waals surface area contributed by atoms with E-state index >= 15 is 0 Å². The minimum absolute atomic E-state index is 0.0895. The molecule has 50 heavy (non-hydrogen) atoms. The number of pyridine rings is 1. The van der Waals surface area contributed by atoms with Gasteiger partial charge >= 0.3 is 6.28 Å². The van der Waals surface area contributed by atoms with Crippen LogP contribution in [0, 0.1) is 83.1 Å². The molecular formula is C47H51B2N. The molecule has 250 valence electrons. The smallest absolute Gasteiger partial charge is 0.362 e. The molecule has 0 saturated heterocycles. The number of benzene rings is 5. The van der Waals surface area contributed by atoms with Gasteiger partial charge in [0, 0.05) is 11.6 Å². The van der Waals surface area contributed by atoms with Crippen molar-refractivity contribution in [2.75, 3.05) is 0 Å². The lowest BCUT2D eigenvalue weighted by molar-refractivity contribution is -0.523. The van der Waals surface area contributed by atoms with E-state index in [1.165, 1.54) is 111 Å². The minimum atomic E-state index is -1.60. The number of rotatable bonds is 5. The van der Waals surface area contributed by atoms with E-state index in [2.05, 4.69) is 179 Å². The maximum Gasteiger partial charge on any atom is 0.362 e. The standard InChI is InChI=1S/C47H51B2N/c1-28-19-32(5)44(33(6)20-28)48(45-34(7)21-29(2)22-35(45)8)40-17-18-43-41-15-13-14-16-42(41)49(50(43)27-40,46-36(9)23-30(3)24-37(46)10)47-38(11)25-31(4)26-39(47)12/h13-27H,1-12H3. The maximum atomic E-state index is 2.74. The Morgan fingerprint density at radius 1 is 0.440 bits per heavy atom. The van der Waals surface area contributed by atoms with Crippen LogP contribution in [0.2, 0.25) is 0 Å². The molecule has 2 heterocycles. The Morgan fingerprint density at radius 3 is 1.24 bits per heavy atom. The molecule has 7 rings (SSSR count). The summed E-state index contributed by atoms with van der Waals surface area (Å²) in [5.41, 5.74) is 27.2. The predicted octanol–water partition coefficient (Wildman–Crippen LogP) is 6.69. The van der Waals surface area contributed by atoms with E-state index in [1.54, 1.807) is 0 Å². The zero-order chi connectivity index (χ0) is 35.8. The van der Waals surface area contributed by atoms with Gasteiger partial charge in [0.2, 0.25) is 6.71 Å². The summed E-state index contributed by atoms with van der Waals surface area (Å²) in [7, 11) is 0. The summed E-state index contributed by atoms with van der Waals surface area (Å²) in [5.74, 6) is 0. The average molecular weight is 652 g/mol. The van der Waals surface area contributed by atoms with E-state index in [4.69, 9.17) is 0 Å². The number of nitrogens with zero attached hydrogens (tertiary/aromatic N) is 1. The van der Waals surface area contributed by atoms with E-state index in [-0.39, 0.29) is 6.71 Å². The summed E-state index contributed by atoms with van der Waals surface area (Å²) < 4.78 is 2.74. The van der Waals surface area contributed by atoms with Crippen molar-refractivity contribution in [3.8, 4) is 11.3 Å². The number of hydrogen-bond acceptors (Lipinski definition) is 0. The molecule has 6 aromatic rings. The maximum absolute atomic E-state index is 2.74. The van der Waals surface area contributed by atoms with E-state index in [0.29, 0.717) is 0 Å². The van der Waals surface area contributed by atoms with Crippen LogP contribution in [0.25, 0.3) is 11.3 Å². The molecule has 0 spiro atoms. The second kappa shape index (κ2) is 12.3. The second-order valence-corrected chi connectivity index (χ2v) is 15.8. The number of fused-ring (bicyclic) bond motifs is 3. The molecule has 1 aliphatic heterocycles. The van der Waals surface area contributed by atoms with Crippen LogP contribution in [0.4, 0.5) is 0 Å². The van der Waals surface area contributed by atoms with Crippen LogP contribution >= 0.6 is 0 Å². The van der Waals surface area contributed by atoms with Crippen molar-refractivity contribution in [1.29, 1.82) is 0 Å². The fraction of sp³-hybridized carbons (Fsp3) is 0.255. The molecule has 0 bridgehead atoms. The van der Waals surface area contributed by atoms with Gasteiger partial charge in [0.25, 0.3) is 0 Å². The second-order valence-electron chi connectivity index (χ2n) is 15.8. The molecule has 0 saturated carbocycles. The zero-order valence-electron chi connectivity index (χ0n) is 32.3. The molecule has 5 aromatic carbocycles. The van der Waals surface area contributed by atoms with E-state index in [9.17, 15) is 0 Å². The van der Waals surface area contributed by atoms with Gasteiger partial charge in [-0.05, 0) is 88.5 Å². The van der Waals surface area contributed by atoms with Crippen LogP contribution < -0.4 is 37.3 Å². The van der Waals surface area contributed by atoms with Crippen LogP contribution in [0.3, 0.4) is 0 Å². The van der Waals surface area contributed by atoms with Gasteiger partial charge in [-0.3, -0.25) is 0 Å². The van der Waals surface area contributed by atoms with Crippen molar-refractivity contribution in [3.63, 3.8) is 0 Å². The van der Waals surface area contributed by atoms with Gasteiger partial charge in [0.1, 0.15) is 6.20 Å². The first-order valence-corrected chi connectivity index (χ1v) is 18.4. The highest BCUT2D eigenvalue weighted by Gasteiger charge is 2.52. The summed E-state index contributed by atoms with van der Waals surface area (Å²) in [6.45, 7) is 27.6. The first-order valence-electron chi connectivity index (χ1n) is 18.4. The Bertz CT molecular complexity index is 2150. The fourth-order valence-electron chi connectivity index (χ4n) is 10.7. The first-order chi connectivity index (χ1) is 23.7. The van der Waals surface area contributed by atoms with Crippen molar-refractivity contribution in [1.82, 2.24) is 0 Å². The molecular weight excluding hydrogens is 600 g/mol. The van der Waals surface area contributed by atoms with Gasteiger partial charge in [-0.25, -0.2) is 0 Å². The highest BCUT2D eigenvalue weighted by molar-refractivity contribution is 7.08. The van der Waals surface area contributed by atoms with Crippen LogP contribution in [0.15, 0.2) is 91.1 Å². The van der Waals surface area contributed by atoms with Gasteiger partial charge in [-0.15, -0.1) is 16.4 Å². The number of aryl methyl sites for hydroxylation is 12. The topological polar surface area (TPSA) is 3.88 Å². The molecule has 1 nitrogen and oxygen atoms in total. The first kappa shape index (κ1) is 33.9. The van der Waals surface area contributed by atoms with E-state index in [1.807, 2.05) is 0 Å². The molecule has 0 atom stereocenters. The Labute approximate surface area is 301 Å². The third-order valence-electron chi connectivity index (χ3n) is 11.8. The minimum Gasteiger partial charge on any atom is -0.409 e. The van der Waals surface area contributed by atoms with Gasteiger partial charge in [0.15, 0.2) is 5.69 Å². The summed E-state index contributed by atoms with van der Waals surface area (Å²) in [6.07, 6.45) is 0.963. The predicted molar refractivity (Wildman–Crippen MR) is 219 cm³/mol. The van der Waals surface area contributed by atoms with Crippen molar-refractivity contribution in [2.24, 2.45) is 0 Å². The summed E-state index contributed by atoms with van der Waals surface area (Å²) in [5, 5.41) is 0. The SMILES string of the molecule is Cc1cc(C)c(B(c2ccc3[n+](c2)[B-](c2c(C)cc(C)cc2C)(c2c(C)cc(C)cc2C)c2ccccc2-3)c2c(C)cc(C)cc2C)c(C)c1. The molecule has 0 N–H and O–H groups in total. The average Bonchev–Trinajstić information content (AvgIpc) is 3.28. The lowest BCUT2D eigenvalue weighted by atomic mass is 9.22. The molecule has 0 radical (unpaired) electrons. The Balaban J connectivity index is 1.67. The monoisotopic (exact) mass is 651 g/mol. The van der Waals surface area contributed by atoms with Crippen LogP contribution in [0.5, 0.6) is 0 Å². The van der Waals surface area contributed by atoms with Crippen LogP contribution in [0.1, 0.15) is 66.8 Å². The molecule has 3 heteroatoms. The van der Waals surface area contributed by atoms with Crippen molar-refractivity contribution >= 4 is 45.8 Å². The van der Waals surface area contributed by atoms with Crippen molar-refractivity contribution < 1.29 is 4.48 Å². The quantitative estimate of drug-likeness (QED) is 0.183. The Hall–Kier alpha value is -4.62. The van der Waals surface area contributed by atoms with Gasteiger partial charge in [0.05, 0.1) is 0 Å². The van der Waals surface area contributed by atoms with Gasteiger partial charge < -0.3 is 4.48 Å². The van der Waals surface area contributed by atoms with E-state index < -0.39 is 6.28 Å². The fourth-order valence-corrected chi connectivity index (χ4v) is 10.7. The molecule has 0 amide bonds. The largest absolute Gasteiger partial charge is 0.409 e. The molecule has 1 aliphatic rings. The highest BCUT2D eigenvalue weighted by Crippen LogP contribution is 2.28. The van der Waals surface area contributed by atoms with Crippen molar-refractivity contribution in [3.05, 3.63) is 158 Å². The molecule has 0 fully saturated rings. The van der Waals surface area contributed by atoms with Gasteiger partial charge in [-0.2, -0.15) is 0 Å². The lowest BCUT2D eigenvalue weighted by Crippen LogP contribution is -2.84. The summed E-state index contributed by atoms with van der Waals surface area (Å²) in [6, 6.07) is 33.2. The zero-order valence-corrected chi connectivity index (χ0v) is 32.3. The van der Waals surface area contributed by atoms with Gasteiger partial charge in [-0.1, -0.05) is 157 Å². The molecule has 0 aliphatic carbocycles. The van der Waals surface area contributed by atoms with Crippen molar-refractivity contribution in [2.45, 2.75) is 83.1 Å². The van der Waals surface area contributed by atoms with Crippen LogP contribution in [-0.4, -0.2) is 13.0 Å². The third-order valence-corrected chi connectivity index (χ3v) is 11.8. The Kier molecular flexibility index (Phi) is 8.33. The number of hydrogen-bond donors (Lipinski definition) is 0. The summed E-state index contributed by atoms with van der Waals surface area (Å²) >= 11 is 0. The van der Waals surface area contributed by atoms with E-state index in [0.717, 1.165) is 0 Å². The molecule has 1 aromatic heterocycles. The third kappa shape index (κ3) is 5.12. The van der Waals surface area contributed by atoms with Crippen LogP contribution in [-0.2, 0) is 0 Å². The molecule has 0 unspecified atom stereocenters. The summed E-state index contributed by atoms with van der Waals surface area (Å²) in [4.78, 5) is 0. The normalized spacial score (nSPS) is 13.0. The lowest BCUT2D eigenvalue weighted by Gasteiger charge is -2.39.